The van der Waals surface area contributed by atoms with E-state index in [9.17, 15) is 0 Å². The first-order valence-electron chi connectivity index (χ1n) is 10.6. The van der Waals surface area contributed by atoms with Crippen LogP contribution in [-0.4, -0.2) is 60.7 Å². The number of nitrogens with zero attached hydrogens (tertiary/aromatic N) is 4. The molecule has 0 saturated carbocycles. The number of hydrogen-bond acceptors (Lipinski definition) is 4. The van der Waals surface area contributed by atoms with Gasteiger partial charge in [0.1, 0.15) is 5.82 Å². The summed E-state index contributed by atoms with van der Waals surface area (Å²) in [6.45, 7) is 15.0. The lowest BCUT2D eigenvalue weighted by atomic mass is 10.1. The SMILES string of the molecule is CCNC(=NCc1ccnc(N2CCCC2)c1)NC1CN(C(C)C)CC1C.I. The third kappa shape index (κ3) is 6.20. The second-order valence-corrected chi connectivity index (χ2v) is 8.19. The lowest BCUT2D eigenvalue weighted by molar-refractivity contribution is 0.265. The third-order valence-corrected chi connectivity index (χ3v) is 5.70. The number of likely N-dealkylation sites (tertiary alicyclic amines) is 1. The van der Waals surface area contributed by atoms with Crippen molar-refractivity contribution in [2.75, 3.05) is 37.6 Å². The Morgan fingerprint density at radius 1 is 1.29 bits per heavy atom. The zero-order valence-electron chi connectivity index (χ0n) is 17.8. The van der Waals surface area contributed by atoms with Crippen LogP contribution < -0.4 is 15.5 Å². The Bertz CT molecular complexity index is 629. The maximum atomic E-state index is 4.85. The molecule has 7 heteroatoms. The summed E-state index contributed by atoms with van der Waals surface area (Å²) in [5.74, 6) is 2.63. The molecule has 0 spiro atoms. The molecule has 2 fully saturated rings. The van der Waals surface area contributed by atoms with Gasteiger partial charge < -0.3 is 15.5 Å². The Kier molecular flexibility index (Phi) is 9.27. The summed E-state index contributed by atoms with van der Waals surface area (Å²) < 4.78 is 0. The van der Waals surface area contributed by atoms with Gasteiger partial charge in [0.15, 0.2) is 5.96 Å². The highest BCUT2D eigenvalue weighted by atomic mass is 127. The maximum absolute atomic E-state index is 4.85. The highest BCUT2D eigenvalue weighted by molar-refractivity contribution is 14.0. The van der Waals surface area contributed by atoms with Crippen molar-refractivity contribution >= 4 is 35.8 Å². The van der Waals surface area contributed by atoms with E-state index in [1.54, 1.807) is 0 Å². The first-order chi connectivity index (χ1) is 13.1. The van der Waals surface area contributed by atoms with Crippen molar-refractivity contribution < 1.29 is 0 Å². The fourth-order valence-corrected chi connectivity index (χ4v) is 3.96. The van der Waals surface area contributed by atoms with Crippen LogP contribution in [0, 0.1) is 5.92 Å². The lowest BCUT2D eigenvalue weighted by Gasteiger charge is -2.22. The molecule has 0 aliphatic carbocycles. The molecule has 1 aromatic heterocycles. The van der Waals surface area contributed by atoms with Crippen LogP contribution in [0.15, 0.2) is 23.3 Å². The zero-order chi connectivity index (χ0) is 19.2. The number of rotatable bonds is 6. The third-order valence-electron chi connectivity index (χ3n) is 5.70. The highest BCUT2D eigenvalue weighted by Crippen LogP contribution is 2.20. The minimum Gasteiger partial charge on any atom is -0.357 e. The first kappa shape index (κ1) is 23.2. The van der Waals surface area contributed by atoms with E-state index in [0.29, 0.717) is 24.5 Å². The quantitative estimate of drug-likeness (QED) is 0.357. The highest BCUT2D eigenvalue weighted by Gasteiger charge is 2.31. The molecule has 6 nitrogen and oxygen atoms in total. The number of aromatic nitrogens is 1. The van der Waals surface area contributed by atoms with Crippen molar-refractivity contribution in [2.45, 2.75) is 59.2 Å². The van der Waals surface area contributed by atoms with Crippen LogP contribution in [0.4, 0.5) is 5.82 Å². The Balaban J connectivity index is 0.00000280. The van der Waals surface area contributed by atoms with E-state index in [-0.39, 0.29) is 24.0 Å². The monoisotopic (exact) mass is 500 g/mol. The molecule has 1 aromatic rings. The van der Waals surface area contributed by atoms with Gasteiger partial charge in [-0.25, -0.2) is 9.98 Å². The van der Waals surface area contributed by atoms with Crippen LogP contribution in [0.1, 0.15) is 46.1 Å². The van der Waals surface area contributed by atoms with Gasteiger partial charge >= 0.3 is 0 Å². The predicted octanol–water partition coefficient (Wildman–Crippen LogP) is 3.08. The van der Waals surface area contributed by atoms with Gasteiger partial charge in [-0.3, -0.25) is 4.90 Å². The van der Waals surface area contributed by atoms with Crippen molar-refractivity contribution in [1.29, 1.82) is 0 Å². The molecular weight excluding hydrogens is 463 g/mol. The van der Waals surface area contributed by atoms with Crippen LogP contribution in [0.5, 0.6) is 0 Å². The number of hydrogen-bond donors (Lipinski definition) is 2. The maximum Gasteiger partial charge on any atom is 0.191 e. The average Bonchev–Trinajstić information content (AvgIpc) is 3.31. The number of nitrogens with one attached hydrogen (secondary N) is 2. The molecular formula is C21H37IN6. The summed E-state index contributed by atoms with van der Waals surface area (Å²) in [6.07, 6.45) is 4.45. The molecule has 0 radical (unpaired) electrons. The van der Waals surface area contributed by atoms with Crippen LogP contribution >= 0.6 is 24.0 Å². The number of halogens is 1. The predicted molar refractivity (Wildman–Crippen MR) is 129 cm³/mol. The van der Waals surface area contributed by atoms with E-state index in [2.05, 4.69) is 65.2 Å². The van der Waals surface area contributed by atoms with Gasteiger partial charge in [0.05, 0.1) is 6.54 Å². The number of pyridine rings is 1. The van der Waals surface area contributed by atoms with Gasteiger partial charge in [-0.2, -0.15) is 0 Å². The summed E-state index contributed by atoms with van der Waals surface area (Å²) in [7, 11) is 0. The fraction of sp³-hybridized carbons (Fsp3) is 0.714. The summed E-state index contributed by atoms with van der Waals surface area (Å²) in [4.78, 5) is 14.3. The molecule has 2 atom stereocenters. The van der Waals surface area contributed by atoms with Gasteiger partial charge in [-0.1, -0.05) is 6.92 Å². The Labute approximate surface area is 187 Å². The van der Waals surface area contributed by atoms with Gasteiger partial charge in [-0.15, -0.1) is 24.0 Å². The minimum absolute atomic E-state index is 0. The molecule has 158 valence electrons. The normalized spacial score (nSPS) is 23.2. The van der Waals surface area contributed by atoms with E-state index < -0.39 is 0 Å². The number of anilines is 1. The van der Waals surface area contributed by atoms with Crippen molar-refractivity contribution in [3.63, 3.8) is 0 Å². The fourth-order valence-electron chi connectivity index (χ4n) is 3.96. The van der Waals surface area contributed by atoms with Crippen LogP contribution in [0.25, 0.3) is 0 Å². The smallest absolute Gasteiger partial charge is 0.191 e. The van der Waals surface area contributed by atoms with E-state index in [0.717, 1.165) is 44.5 Å². The standard InChI is InChI=1S/C21H36N6.HI/c1-5-22-21(25-19-15-27(16(2)3)14-17(19)4)24-13-18-8-9-23-20(12-18)26-10-6-7-11-26;/h8-9,12,16-17,19H,5-7,10-11,13-15H2,1-4H3,(H2,22,24,25);1H. The molecule has 3 heterocycles. The summed E-state index contributed by atoms with van der Waals surface area (Å²) in [6, 6.07) is 5.31. The van der Waals surface area contributed by atoms with Gasteiger partial charge in [0.25, 0.3) is 0 Å². The van der Waals surface area contributed by atoms with Crippen molar-refractivity contribution in [3.05, 3.63) is 23.9 Å². The topological polar surface area (TPSA) is 55.8 Å². The molecule has 2 N–H and O–H groups in total. The molecule has 0 amide bonds. The summed E-state index contributed by atoms with van der Waals surface area (Å²) in [5.41, 5.74) is 1.22. The summed E-state index contributed by atoms with van der Waals surface area (Å²) in [5, 5.41) is 7.07. The molecule has 2 aliphatic heterocycles. The number of guanidine groups is 1. The molecule has 3 rings (SSSR count). The lowest BCUT2D eigenvalue weighted by Crippen LogP contribution is -2.46. The Hall–Kier alpha value is -1.09. The van der Waals surface area contributed by atoms with E-state index in [1.165, 1.54) is 18.4 Å². The first-order valence-corrected chi connectivity index (χ1v) is 10.6. The molecule has 2 unspecified atom stereocenters. The van der Waals surface area contributed by atoms with Crippen LogP contribution in [0.3, 0.4) is 0 Å². The summed E-state index contributed by atoms with van der Waals surface area (Å²) >= 11 is 0. The van der Waals surface area contributed by atoms with Crippen LogP contribution in [0.2, 0.25) is 0 Å². The molecule has 0 aromatic carbocycles. The largest absolute Gasteiger partial charge is 0.357 e. The van der Waals surface area contributed by atoms with Gasteiger partial charge in [0, 0.05) is 51.0 Å². The van der Waals surface area contributed by atoms with Gasteiger partial charge in [-0.05, 0) is 57.2 Å². The Morgan fingerprint density at radius 2 is 2.04 bits per heavy atom. The molecule has 28 heavy (non-hydrogen) atoms. The van der Waals surface area contributed by atoms with Crippen molar-refractivity contribution in [2.24, 2.45) is 10.9 Å². The second kappa shape index (κ2) is 11.2. The second-order valence-electron chi connectivity index (χ2n) is 8.19. The molecule has 2 aliphatic rings. The molecule has 0 bridgehead atoms. The molecule has 2 saturated heterocycles. The minimum atomic E-state index is 0. The average molecular weight is 500 g/mol. The number of aliphatic imine (C=N–C) groups is 1. The van der Waals surface area contributed by atoms with E-state index in [1.807, 2.05) is 6.20 Å². The Morgan fingerprint density at radius 3 is 2.68 bits per heavy atom. The van der Waals surface area contributed by atoms with Crippen LogP contribution in [-0.2, 0) is 6.54 Å². The van der Waals surface area contributed by atoms with Crippen molar-refractivity contribution in [1.82, 2.24) is 20.5 Å². The van der Waals surface area contributed by atoms with E-state index >= 15 is 0 Å². The zero-order valence-corrected chi connectivity index (χ0v) is 20.1. The van der Waals surface area contributed by atoms with E-state index in [4.69, 9.17) is 4.99 Å². The van der Waals surface area contributed by atoms with Gasteiger partial charge in [0.2, 0.25) is 0 Å². The van der Waals surface area contributed by atoms with Crippen molar-refractivity contribution in [3.8, 4) is 0 Å².